The summed E-state index contributed by atoms with van der Waals surface area (Å²) in [4.78, 5) is 0. The van der Waals surface area contributed by atoms with Crippen LogP contribution in [0, 0.1) is 35.5 Å². The molecule has 2 fully saturated rings. The van der Waals surface area contributed by atoms with Crippen LogP contribution in [0.3, 0.4) is 0 Å². The second kappa shape index (κ2) is 8.37. The largest absolute Gasteiger partial charge is 0.325 e. The Morgan fingerprint density at radius 2 is 1.48 bits per heavy atom. The normalized spacial score (nSPS) is 31.6. The van der Waals surface area contributed by atoms with Crippen LogP contribution in [0.4, 0.5) is 0 Å². The maximum atomic E-state index is 6.77. The van der Waals surface area contributed by atoms with Gasteiger partial charge in [-0.3, -0.25) is 0 Å². The Balaban J connectivity index is 2.12. The quantitative estimate of drug-likeness (QED) is 0.601. The van der Waals surface area contributed by atoms with Crippen molar-refractivity contribution in [1.29, 1.82) is 0 Å². The predicted octanol–water partition coefficient (Wildman–Crippen LogP) is 6.41. The maximum absolute atomic E-state index is 6.77. The van der Waals surface area contributed by atoms with E-state index in [0.717, 1.165) is 29.6 Å². The van der Waals surface area contributed by atoms with E-state index in [2.05, 4.69) is 34.6 Å². The Hall–Kier alpha value is -0.0400. The van der Waals surface area contributed by atoms with Gasteiger partial charge in [0.25, 0.3) is 0 Å². The van der Waals surface area contributed by atoms with Crippen LogP contribution < -0.4 is 5.73 Å². The minimum atomic E-state index is -0.0350. The maximum Gasteiger partial charge on any atom is 0.0131 e. The lowest BCUT2D eigenvalue weighted by atomic mass is 9.60. The highest BCUT2D eigenvalue weighted by molar-refractivity contribution is 4.95. The molecule has 0 amide bonds. The summed E-state index contributed by atoms with van der Waals surface area (Å²) in [5.41, 5.74) is 6.73. The van der Waals surface area contributed by atoms with E-state index in [-0.39, 0.29) is 5.54 Å². The molecule has 0 aromatic rings. The van der Waals surface area contributed by atoms with Crippen molar-refractivity contribution < 1.29 is 0 Å². The zero-order chi connectivity index (χ0) is 17.0. The standard InChI is InChI=1S/C22H43N/c1-6-20(18-10-8-7-9-11-18)17(3)21(22(4,5)23)19-14-12-16(2)13-15-19/h16-21H,6-15,23H2,1-5H3. The van der Waals surface area contributed by atoms with Crippen LogP contribution in [-0.2, 0) is 0 Å². The number of rotatable bonds is 6. The first-order valence-corrected chi connectivity index (χ1v) is 10.6. The molecule has 1 heteroatoms. The minimum Gasteiger partial charge on any atom is -0.325 e. The van der Waals surface area contributed by atoms with E-state index in [1.807, 2.05) is 0 Å². The van der Waals surface area contributed by atoms with Crippen LogP contribution in [-0.4, -0.2) is 5.54 Å². The molecule has 0 heterocycles. The van der Waals surface area contributed by atoms with Gasteiger partial charge in [0, 0.05) is 5.54 Å². The van der Waals surface area contributed by atoms with Crippen molar-refractivity contribution in [3.8, 4) is 0 Å². The fraction of sp³-hybridized carbons (Fsp3) is 1.00. The first-order chi connectivity index (χ1) is 10.8. The third-order valence-electron chi connectivity index (χ3n) is 7.40. The molecule has 0 spiro atoms. The third-order valence-corrected chi connectivity index (χ3v) is 7.40. The Kier molecular flexibility index (Phi) is 7.01. The van der Waals surface area contributed by atoms with E-state index in [1.165, 1.54) is 64.2 Å². The summed E-state index contributed by atoms with van der Waals surface area (Å²) >= 11 is 0. The van der Waals surface area contributed by atoms with Crippen LogP contribution >= 0.6 is 0 Å². The molecule has 2 aliphatic rings. The van der Waals surface area contributed by atoms with Gasteiger partial charge in [0.2, 0.25) is 0 Å². The third kappa shape index (κ3) is 4.97. The highest BCUT2D eigenvalue weighted by atomic mass is 14.7. The van der Waals surface area contributed by atoms with E-state index in [1.54, 1.807) is 0 Å². The fourth-order valence-corrected chi connectivity index (χ4v) is 6.32. The summed E-state index contributed by atoms with van der Waals surface area (Å²) in [6.45, 7) is 12.0. The molecule has 0 aliphatic heterocycles. The number of hydrogen-bond donors (Lipinski definition) is 1. The molecule has 2 saturated carbocycles. The molecule has 0 aromatic heterocycles. The number of nitrogens with two attached hydrogens (primary N) is 1. The molecular weight excluding hydrogens is 278 g/mol. The van der Waals surface area contributed by atoms with E-state index < -0.39 is 0 Å². The van der Waals surface area contributed by atoms with Crippen molar-refractivity contribution in [3.63, 3.8) is 0 Å². The Morgan fingerprint density at radius 1 is 0.913 bits per heavy atom. The van der Waals surface area contributed by atoms with Gasteiger partial charge < -0.3 is 5.73 Å². The average molecular weight is 322 g/mol. The molecular formula is C22H43N. The molecule has 0 aromatic carbocycles. The summed E-state index contributed by atoms with van der Waals surface area (Å²) in [7, 11) is 0. The SMILES string of the molecule is CCC(C1CCCCC1)C(C)C(C1CCC(C)CC1)C(C)(C)N. The van der Waals surface area contributed by atoms with Crippen molar-refractivity contribution >= 4 is 0 Å². The van der Waals surface area contributed by atoms with Gasteiger partial charge in [-0.05, 0) is 62.2 Å². The first-order valence-electron chi connectivity index (χ1n) is 10.6. The molecule has 0 bridgehead atoms. The molecule has 136 valence electrons. The lowest BCUT2D eigenvalue weighted by Crippen LogP contribution is -2.50. The van der Waals surface area contributed by atoms with Crippen molar-refractivity contribution in [3.05, 3.63) is 0 Å². The highest BCUT2D eigenvalue weighted by Crippen LogP contribution is 2.46. The zero-order valence-electron chi connectivity index (χ0n) is 16.6. The topological polar surface area (TPSA) is 26.0 Å². The van der Waals surface area contributed by atoms with E-state index in [4.69, 9.17) is 5.73 Å². The summed E-state index contributed by atoms with van der Waals surface area (Å²) in [5.74, 6) is 5.13. The van der Waals surface area contributed by atoms with Crippen LogP contribution in [0.1, 0.15) is 98.8 Å². The zero-order valence-corrected chi connectivity index (χ0v) is 16.6. The Morgan fingerprint density at radius 3 is 1.96 bits per heavy atom. The number of hydrogen-bond acceptors (Lipinski definition) is 1. The van der Waals surface area contributed by atoms with Crippen molar-refractivity contribution in [2.45, 2.75) is 104 Å². The molecule has 2 aliphatic carbocycles. The van der Waals surface area contributed by atoms with Gasteiger partial charge in [0.15, 0.2) is 0 Å². The van der Waals surface area contributed by atoms with Crippen LogP contribution in [0.5, 0.6) is 0 Å². The van der Waals surface area contributed by atoms with Gasteiger partial charge in [-0.15, -0.1) is 0 Å². The van der Waals surface area contributed by atoms with Gasteiger partial charge in [-0.2, -0.15) is 0 Å². The molecule has 1 nitrogen and oxygen atoms in total. The van der Waals surface area contributed by atoms with E-state index >= 15 is 0 Å². The first kappa shape index (κ1) is 19.3. The van der Waals surface area contributed by atoms with Crippen LogP contribution in [0.15, 0.2) is 0 Å². The van der Waals surface area contributed by atoms with Gasteiger partial charge >= 0.3 is 0 Å². The van der Waals surface area contributed by atoms with Crippen LogP contribution in [0.2, 0.25) is 0 Å². The smallest absolute Gasteiger partial charge is 0.0131 e. The minimum absolute atomic E-state index is 0.0350. The average Bonchev–Trinajstić information content (AvgIpc) is 2.50. The monoisotopic (exact) mass is 321 g/mol. The molecule has 23 heavy (non-hydrogen) atoms. The lowest BCUT2D eigenvalue weighted by Gasteiger charge is -2.47. The van der Waals surface area contributed by atoms with E-state index in [9.17, 15) is 0 Å². The van der Waals surface area contributed by atoms with Gasteiger partial charge in [-0.1, -0.05) is 72.1 Å². The molecule has 2 rings (SSSR count). The molecule has 3 atom stereocenters. The van der Waals surface area contributed by atoms with Crippen molar-refractivity contribution in [2.75, 3.05) is 0 Å². The summed E-state index contributed by atoms with van der Waals surface area (Å²) < 4.78 is 0. The van der Waals surface area contributed by atoms with Crippen molar-refractivity contribution in [2.24, 2.45) is 41.2 Å². The summed E-state index contributed by atoms with van der Waals surface area (Å²) in [6, 6.07) is 0. The second-order valence-electron chi connectivity index (χ2n) is 9.70. The molecule has 0 radical (unpaired) electrons. The van der Waals surface area contributed by atoms with Crippen molar-refractivity contribution in [1.82, 2.24) is 0 Å². The van der Waals surface area contributed by atoms with Gasteiger partial charge in [0.05, 0.1) is 0 Å². The lowest BCUT2D eigenvalue weighted by molar-refractivity contribution is 0.0429. The second-order valence-corrected chi connectivity index (χ2v) is 9.70. The summed E-state index contributed by atoms with van der Waals surface area (Å²) in [6.07, 6.45) is 14.4. The van der Waals surface area contributed by atoms with Gasteiger partial charge in [-0.25, -0.2) is 0 Å². The Bertz CT molecular complexity index is 328. The molecule has 2 N–H and O–H groups in total. The highest BCUT2D eigenvalue weighted by Gasteiger charge is 2.42. The molecule has 0 saturated heterocycles. The Labute approximate surface area is 146 Å². The van der Waals surface area contributed by atoms with E-state index in [0.29, 0.717) is 5.92 Å². The van der Waals surface area contributed by atoms with Gasteiger partial charge in [0.1, 0.15) is 0 Å². The predicted molar refractivity (Wildman–Crippen MR) is 102 cm³/mol. The summed E-state index contributed by atoms with van der Waals surface area (Å²) in [5, 5.41) is 0. The van der Waals surface area contributed by atoms with Crippen LogP contribution in [0.25, 0.3) is 0 Å². The molecule has 3 unspecified atom stereocenters. The fourth-order valence-electron chi connectivity index (χ4n) is 6.32.